The normalized spacial score (nSPS) is 26.5. The van der Waals surface area contributed by atoms with Gasteiger partial charge in [-0.3, -0.25) is 0 Å². The number of hydrogen-bond acceptors (Lipinski definition) is 2. The van der Waals surface area contributed by atoms with E-state index in [1.165, 1.54) is 12.0 Å². The molecule has 1 aromatic rings. The first kappa shape index (κ1) is 10.7. The van der Waals surface area contributed by atoms with Crippen molar-refractivity contribution in [3.05, 3.63) is 35.9 Å². The van der Waals surface area contributed by atoms with E-state index < -0.39 is 0 Å². The van der Waals surface area contributed by atoms with Gasteiger partial charge in [0.05, 0.1) is 12.2 Å². The number of ether oxygens (including phenoxy) is 1. The minimum atomic E-state index is 0.233. The molecule has 2 atom stereocenters. The van der Waals surface area contributed by atoms with E-state index in [0.717, 1.165) is 19.5 Å². The van der Waals surface area contributed by atoms with Gasteiger partial charge in [0, 0.05) is 13.1 Å². The molecule has 15 heavy (non-hydrogen) atoms. The van der Waals surface area contributed by atoms with Gasteiger partial charge in [0.1, 0.15) is 0 Å². The molecule has 1 saturated heterocycles. The average Bonchev–Trinajstić information content (AvgIpc) is 2.31. The summed E-state index contributed by atoms with van der Waals surface area (Å²) in [6, 6.07) is 10.5. The van der Waals surface area contributed by atoms with E-state index in [4.69, 9.17) is 4.74 Å². The Bertz CT molecular complexity index is 284. The highest BCUT2D eigenvalue weighted by atomic mass is 16.5. The van der Waals surface area contributed by atoms with Gasteiger partial charge < -0.3 is 10.1 Å². The summed E-state index contributed by atoms with van der Waals surface area (Å²) in [5.41, 5.74) is 1.28. The maximum absolute atomic E-state index is 6.05. The van der Waals surface area contributed by atoms with Crippen LogP contribution in [0, 0.1) is 0 Å². The Morgan fingerprint density at radius 3 is 2.80 bits per heavy atom. The fourth-order valence-corrected chi connectivity index (χ4v) is 2.06. The number of hydrogen-bond donors (Lipinski definition) is 1. The second-order valence-electron chi connectivity index (χ2n) is 4.10. The summed E-state index contributed by atoms with van der Waals surface area (Å²) in [7, 11) is 0. The van der Waals surface area contributed by atoms with Gasteiger partial charge in [-0.25, -0.2) is 0 Å². The van der Waals surface area contributed by atoms with Crippen molar-refractivity contribution in [3.63, 3.8) is 0 Å². The fourth-order valence-electron chi connectivity index (χ4n) is 2.06. The van der Waals surface area contributed by atoms with Crippen molar-refractivity contribution in [2.24, 2.45) is 0 Å². The molecule has 0 aliphatic carbocycles. The molecule has 1 N–H and O–H groups in total. The van der Waals surface area contributed by atoms with Crippen molar-refractivity contribution in [3.8, 4) is 0 Å². The molecule has 82 valence electrons. The Kier molecular flexibility index (Phi) is 3.75. The Balaban J connectivity index is 1.98. The highest BCUT2D eigenvalue weighted by molar-refractivity contribution is 5.18. The third-order valence-corrected chi connectivity index (χ3v) is 2.84. The van der Waals surface area contributed by atoms with Crippen LogP contribution in [0.1, 0.15) is 31.4 Å². The van der Waals surface area contributed by atoms with E-state index in [0.29, 0.717) is 6.10 Å². The lowest BCUT2D eigenvalue weighted by Crippen LogP contribution is -2.40. The molecule has 2 heteroatoms. The van der Waals surface area contributed by atoms with E-state index in [9.17, 15) is 0 Å². The summed E-state index contributed by atoms with van der Waals surface area (Å²) >= 11 is 0. The maximum Gasteiger partial charge on any atom is 0.0953 e. The van der Waals surface area contributed by atoms with Crippen molar-refractivity contribution in [1.29, 1.82) is 0 Å². The maximum atomic E-state index is 6.05. The molecule has 1 aliphatic rings. The van der Waals surface area contributed by atoms with E-state index in [1.807, 2.05) is 6.07 Å². The molecule has 1 fully saturated rings. The zero-order valence-electron chi connectivity index (χ0n) is 9.28. The lowest BCUT2D eigenvalue weighted by Gasteiger charge is -2.31. The zero-order valence-corrected chi connectivity index (χ0v) is 9.28. The van der Waals surface area contributed by atoms with Gasteiger partial charge >= 0.3 is 0 Å². The van der Waals surface area contributed by atoms with Gasteiger partial charge in [0.25, 0.3) is 0 Å². The number of morpholine rings is 1. The first-order valence-electron chi connectivity index (χ1n) is 5.81. The van der Waals surface area contributed by atoms with Gasteiger partial charge in [-0.2, -0.15) is 0 Å². The van der Waals surface area contributed by atoms with Crippen LogP contribution < -0.4 is 5.32 Å². The highest BCUT2D eigenvalue weighted by Crippen LogP contribution is 2.22. The Morgan fingerprint density at radius 2 is 2.07 bits per heavy atom. The fraction of sp³-hybridized carbons (Fsp3) is 0.538. The second-order valence-corrected chi connectivity index (χ2v) is 4.10. The molecule has 0 saturated carbocycles. The van der Waals surface area contributed by atoms with E-state index in [-0.39, 0.29) is 6.10 Å². The molecule has 2 unspecified atom stereocenters. The Labute approximate surface area is 91.6 Å². The van der Waals surface area contributed by atoms with Crippen molar-refractivity contribution in [1.82, 2.24) is 5.32 Å². The number of nitrogens with one attached hydrogen (secondary N) is 1. The molecule has 0 aromatic heterocycles. The predicted octanol–water partition coefficient (Wildman–Crippen LogP) is 2.52. The van der Waals surface area contributed by atoms with Crippen LogP contribution >= 0.6 is 0 Å². The van der Waals surface area contributed by atoms with Crippen LogP contribution in [0.3, 0.4) is 0 Å². The van der Waals surface area contributed by atoms with Crippen molar-refractivity contribution < 1.29 is 4.74 Å². The molecule has 0 spiro atoms. The standard InChI is InChI=1S/C13H19NO/c1-2-6-12-9-14-10-13(15-12)11-7-4-3-5-8-11/h3-5,7-8,12-14H,2,6,9-10H2,1H3. The van der Waals surface area contributed by atoms with E-state index in [2.05, 4.69) is 36.5 Å². The Morgan fingerprint density at radius 1 is 1.27 bits per heavy atom. The molecular formula is C13H19NO. The van der Waals surface area contributed by atoms with Crippen LogP contribution in [-0.2, 0) is 4.74 Å². The third-order valence-electron chi connectivity index (χ3n) is 2.84. The van der Waals surface area contributed by atoms with Crippen LogP contribution in [0.2, 0.25) is 0 Å². The smallest absolute Gasteiger partial charge is 0.0953 e. The van der Waals surface area contributed by atoms with Gasteiger partial charge in [-0.1, -0.05) is 43.7 Å². The monoisotopic (exact) mass is 205 g/mol. The largest absolute Gasteiger partial charge is 0.368 e. The molecule has 1 heterocycles. The number of benzene rings is 1. The van der Waals surface area contributed by atoms with Crippen molar-refractivity contribution >= 4 is 0 Å². The quantitative estimate of drug-likeness (QED) is 0.818. The summed E-state index contributed by atoms with van der Waals surface area (Å²) < 4.78 is 6.05. The molecule has 2 nitrogen and oxygen atoms in total. The van der Waals surface area contributed by atoms with Gasteiger partial charge in [-0.05, 0) is 12.0 Å². The average molecular weight is 205 g/mol. The summed E-state index contributed by atoms with van der Waals surface area (Å²) in [6.07, 6.45) is 2.95. The molecule has 1 aromatic carbocycles. The molecule has 0 amide bonds. The van der Waals surface area contributed by atoms with Crippen LogP contribution in [0.25, 0.3) is 0 Å². The minimum absolute atomic E-state index is 0.233. The lowest BCUT2D eigenvalue weighted by atomic mass is 10.1. The first-order valence-corrected chi connectivity index (χ1v) is 5.81. The van der Waals surface area contributed by atoms with Crippen molar-refractivity contribution in [2.75, 3.05) is 13.1 Å². The van der Waals surface area contributed by atoms with Gasteiger partial charge in [0.2, 0.25) is 0 Å². The molecular weight excluding hydrogens is 186 g/mol. The number of rotatable bonds is 3. The topological polar surface area (TPSA) is 21.3 Å². The predicted molar refractivity (Wildman–Crippen MR) is 61.8 cm³/mol. The van der Waals surface area contributed by atoms with Crippen LogP contribution in [0.15, 0.2) is 30.3 Å². The highest BCUT2D eigenvalue weighted by Gasteiger charge is 2.22. The third kappa shape index (κ3) is 2.80. The van der Waals surface area contributed by atoms with Crippen LogP contribution in [0.4, 0.5) is 0 Å². The van der Waals surface area contributed by atoms with E-state index in [1.54, 1.807) is 0 Å². The molecule has 0 bridgehead atoms. The second kappa shape index (κ2) is 5.29. The van der Waals surface area contributed by atoms with Crippen LogP contribution in [-0.4, -0.2) is 19.2 Å². The summed E-state index contributed by atoms with van der Waals surface area (Å²) in [4.78, 5) is 0. The zero-order chi connectivity index (χ0) is 10.5. The molecule has 0 radical (unpaired) electrons. The van der Waals surface area contributed by atoms with Gasteiger partial charge in [0.15, 0.2) is 0 Å². The summed E-state index contributed by atoms with van der Waals surface area (Å²) in [5, 5.41) is 3.44. The van der Waals surface area contributed by atoms with Crippen molar-refractivity contribution in [2.45, 2.75) is 32.0 Å². The van der Waals surface area contributed by atoms with Crippen LogP contribution in [0.5, 0.6) is 0 Å². The SMILES string of the molecule is CCCC1CNCC(c2ccccc2)O1. The molecule has 1 aliphatic heterocycles. The molecule has 2 rings (SSSR count). The lowest BCUT2D eigenvalue weighted by molar-refractivity contribution is -0.0424. The minimum Gasteiger partial charge on any atom is -0.368 e. The first-order chi connectivity index (χ1) is 7.40. The summed E-state index contributed by atoms with van der Waals surface area (Å²) in [5.74, 6) is 0. The van der Waals surface area contributed by atoms with E-state index >= 15 is 0 Å². The Hall–Kier alpha value is -0.860. The summed E-state index contributed by atoms with van der Waals surface area (Å²) in [6.45, 7) is 4.14. The van der Waals surface area contributed by atoms with Gasteiger partial charge in [-0.15, -0.1) is 0 Å².